The van der Waals surface area contributed by atoms with Crippen molar-refractivity contribution in [3.8, 4) is 0 Å². The minimum absolute atomic E-state index is 0.156. The first-order valence-corrected chi connectivity index (χ1v) is 6.19. The number of benzene rings is 1. The predicted molar refractivity (Wildman–Crippen MR) is 68.6 cm³/mol. The van der Waals surface area contributed by atoms with E-state index in [1.807, 2.05) is 19.9 Å². The van der Waals surface area contributed by atoms with Crippen molar-refractivity contribution < 1.29 is 5.11 Å². The Bertz CT molecular complexity index is 323. The molecular weight excluding hydrogens is 198 g/mol. The summed E-state index contributed by atoms with van der Waals surface area (Å²) in [6, 6.07) is 6.35. The number of rotatable bonds is 1. The Balaban J connectivity index is 0.000000606. The predicted octanol–water partition coefficient (Wildman–Crippen LogP) is 2.24. The minimum atomic E-state index is 0.156. The van der Waals surface area contributed by atoms with Crippen molar-refractivity contribution in [3.05, 3.63) is 34.9 Å². The van der Waals surface area contributed by atoms with Crippen LogP contribution in [0.1, 0.15) is 30.5 Å². The number of likely N-dealkylation sites (N-methyl/N-ethyl adjacent to an activating group) is 1. The Kier molecular flexibility index (Phi) is 5.50. The summed E-state index contributed by atoms with van der Waals surface area (Å²) in [7, 11) is 2.17. The lowest BCUT2D eigenvalue weighted by molar-refractivity contribution is 0.281. The van der Waals surface area contributed by atoms with E-state index in [2.05, 4.69) is 24.1 Å². The Labute approximate surface area is 98.9 Å². The standard InChI is InChI=1S/C12H17NO.C2H6/c1-13-6-4-11-3-2-10(9-14)8-12(11)5-7-13;1-2/h2-3,8,14H,4-7,9H2,1H3;1-2H3. The zero-order valence-corrected chi connectivity index (χ0v) is 10.7. The van der Waals surface area contributed by atoms with Crippen molar-refractivity contribution in [2.24, 2.45) is 0 Å². The highest BCUT2D eigenvalue weighted by Gasteiger charge is 2.10. The second-order valence-corrected chi connectivity index (χ2v) is 4.06. The van der Waals surface area contributed by atoms with Crippen LogP contribution in [0.3, 0.4) is 0 Å². The van der Waals surface area contributed by atoms with Gasteiger partial charge in [0.1, 0.15) is 0 Å². The van der Waals surface area contributed by atoms with E-state index in [0.29, 0.717) is 0 Å². The van der Waals surface area contributed by atoms with Gasteiger partial charge in [0.15, 0.2) is 0 Å². The quantitative estimate of drug-likeness (QED) is 0.786. The molecule has 0 saturated heterocycles. The first-order chi connectivity index (χ1) is 7.79. The molecule has 1 aliphatic rings. The molecule has 0 aromatic heterocycles. The molecule has 0 atom stereocenters. The SMILES string of the molecule is CC.CN1CCc2ccc(CO)cc2CC1. The molecule has 0 fully saturated rings. The van der Waals surface area contributed by atoms with E-state index < -0.39 is 0 Å². The summed E-state index contributed by atoms with van der Waals surface area (Å²) in [5.74, 6) is 0. The van der Waals surface area contributed by atoms with E-state index in [-0.39, 0.29) is 6.61 Å². The van der Waals surface area contributed by atoms with Gasteiger partial charge in [-0.15, -0.1) is 0 Å². The summed E-state index contributed by atoms with van der Waals surface area (Å²) in [6.45, 7) is 6.43. The second kappa shape index (κ2) is 6.66. The van der Waals surface area contributed by atoms with Crippen molar-refractivity contribution in [2.45, 2.75) is 33.3 Å². The van der Waals surface area contributed by atoms with Gasteiger partial charge in [-0.1, -0.05) is 32.0 Å². The Hall–Kier alpha value is -0.860. The maximum atomic E-state index is 9.05. The van der Waals surface area contributed by atoms with Gasteiger partial charge in [0.2, 0.25) is 0 Å². The summed E-state index contributed by atoms with van der Waals surface area (Å²) in [4.78, 5) is 2.36. The van der Waals surface area contributed by atoms with Gasteiger partial charge in [-0.05, 0) is 36.6 Å². The third kappa shape index (κ3) is 3.32. The van der Waals surface area contributed by atoms with Crippen molar-refractivity contribution in [1.82, 2.24) is 4.90 Å². The number of hydrogen-bond acceptors (Lipinski definition) is 2. The zero-order valence-electron chi connectivity index (χ0n) is 10.7. The summed E-state index contributed by atoms with van der Waals surface area (Å²) in [6.07, 6.45) is 2.25. The summed E-state index contributed by atoms with van der Waals surface area (Å²) in [5.41, 5.74) is 3.90. The maximum Gasteiger partial charge on any atom is 0.0681 e. The first kappa shape index (κ1) is 13.2. The average Bonchev–Trinajstić information content (AvgIpc) is 2.54. The van der Waals surface area contributed by atoms with Crippen LogP contribution >= 0.6 is 0 Å². The fraction of sp³-hybridized carbons (Fsp3) is 0.571. The molecule has 1 aliphatic heterocycles. The third-order valence-corrected chi connectivity index (χ3v) is 2.98. The van der Waals surface area contributed by atoms with E-state index >= 15 is 0 Å². The molecule has 90 valence electrons. The molecular formula is C14H23NO. The molecule has 0 radical (unpaired) electrons. The minimum Gasteiger partial charge on any atom is -0.392 e. The number of fused-ring (bicyclic) bond motifs is 1. The number of aliphatic hydroxyl groups is 1. The van der Waals surface area contributed by atoms with Gasteiger partial charge in [-0.2, -0.15) is 0 Å². The number of aliphatic hydroxyl groups excluding tert-OH is 1. The van der Waals surface area contributed by atoms with Gasteiger partial charge in [0, 0.05) is 13.1 Å². The van der Waals surface area contributed by atoms with E-state index in [9.17, 15) is 0 Å². The zero-order chi connectivity index (χ0) is 12.0. The third-order valence-electron chi connectivity index (χ3n) is 2.98. The van der Waals surface area contributed by atoms with Crippen molar-refractivity contribution in [1.29, 1.82) is 0 Å². The van der Waals surface area contributed by atoms with E-state index in [4.69, 9.17) is 5.11 Å². The Morgan fingerprint density at radius 1 is 1.12 bits per heavy atom. The van der Waals surface area contributed by atoms with Crippen molar-refractivity contribution in [2.75, 3.05) is 20.1 Å². The molecule has 0 spiro atoms. The molecule has 16 heavy (non-hydrogen) atoms. The molecule has 1 N–H and O–H groups in total. The fourth-order valence-electron chi connectivity index (χ4n) is 1.99. The van der Waals surface area contributed by atoms with Crippen LogP contribution in [0.15, 0.2) is 18.2 Å². The van der Waals surface area contributed by atoms with Crippen molar-refractivity contribution in [3.63, 3.8) is 0 Å². The van der Waals surface area contributed by atoms with E-state index in [0.717, 1.165) is 31.5 Å². The number of nitrogens with zero attached hydrogens (tertiary/aromatic N) is 1. The highest BCUT2D eigenvalue weighted by atomic mass is 16.3. The van der Waals surface area contributed by atoms with Gasteiger partial charge in [0.25, 0.3) is 0 Å². The maximum absolute atomic E-state index is 9.05. The highest BCUT2D eigenvalue weighted by molar-refractivity contribution is 5.33. The van der Waals surface area contributed by atoms with Gasteiger partial charge < -0.3 is 10.0 Å². The lowest BCUT2D eigenvalue weighted by Crippen LogP contribution is -2.20. The molecule has 2 rings (SSSR count). The first-order valence-electron chi connectivity index (χ1n) is 6.19. The van der Waals surface area contributed by atoms with Crippen LogP contribution in [-0.4, -0.2) is 30.1 Å². The van der Waals surface area contributed by atoms with Crippen molar-refractivity contribution >= 4 is 0 Å². The van der Waals surface area contributed by atoms with Crippen LogP contribution in [0.4, 0.5) is 0 Å². The molecule has 0 unspecified atom stereocenters. The lowest BCUT2D eigenvalue weighted by atomic mass is 10.0. The summed E-state index contributed by atoms with van der Waals surface area (Å²) in [5, 5.41) is 9.05. The molecule has 0 aliphatic carbocycles. The number of hydrogen-bond donors (Lipinski definition) is 1. The molecule has 0 saturated carbocycles. The lowest BCUT2D eigenvalue weighted by Gasteiger charge is -2.10. The average molecular weight is 221 g/mol. The summed E-state index contributed by atoms with van der Waals surface area (Å²) >= 11 is 0. The Morgan fingerprint density at radius 2 is 1.75 bits per heavy atom. The molecule has 0 amide bonds. The van der Waals surface area contributed by atoms with Gasteiger partial charge in [-0.3, -0.25) is 0 Å². The van der Waals surface area contributed by atoms with Crippen LogP contribution < -0.4 is 0 Å². The van der Waals surface area contributed by atoms with Gasteiger partial charge in [-0.25, -0.2) is 0 Å². The molecule has 1 aromatic rings. The topological polar surface area (TPSA) is 23.5 Å². The summed E-state index contributed by atoms with van der Waals surface area (Å²) < 4.78 is 0. The second-order valence-electron chi connectivity index (χ2n) is 4.06. The van der Waals surface area contributed by atoms with Crippen LogP contribution in [0.25, 0.3) is 0 Å². The molecule has 1 aromatic carbocycles. The molecule has 2 heteroatoms. The smallest absolute Gasteiger partial charge is 0.0681 e. The largest absolute Gasteiger partial charge is 0.392 e. The van der Waals surface area contributed by atoms with E-state index in [1.165, 1.54) is 11.1 Å². The molecule has 2 nitrogen and oxygen atoms in total. The Morgan fingerprint density at radius 3 is 2.38 bits per heavy atom. The fourth-order valence-corrected chi connectivity index (χ4v) is 1.99. The van der Waals surface area contributed by atoms with Crippen LogP contribution in [0.5, 0.6) is 0 Å². The van der Waals surface area contributed by atoms with Crippen LogP contribution in [0, 0.1) is 0 Å². The normalized spacial score (nSPS) is 15.8. The molecule has 0 bridgehead atoms. The van der Waals surface area contributed by atoms with Crippen LogP contribution in [-0.2, 0) is 19.4 Å². The van der Waals surface area contributed by atoms with E-state index in [1.54, 1.807) is 0 Å². The van der Waals surface area contributed by atoms with Gasteiger partial charge in [0.05, 0.1) is 6.61 Å². The van der Waals surface area contributed by atoms with Crippen LogP contribution in [0.2, 0.25) is 0 Å². The highest BCUT2D eigenvalue weighted by Crippen LogP contribution is 2.17. The van der Waals surface area contributed by atoms with Gasteiger partial charge >= 0.3 is 0 Å². The molecule has 1 heterocycles. The monoisotopic (exact) mass is 221 g/mol.